The van der Waals surface area contributed by atoms with E-state index in [-0.39, 0.29) is 0 Å². The molecule has 0 spiro atoms. The normalized spacial score (nSPS) is 15.9. The molecule has 0 bridgehead atoms. The summed E-state index contributed by atoms with van der Waals surface area (Å²) in [6, 6.07) is 8.34. The third kappa shape index (κ3) is 1.42. The van der Waals surface area contributed by atoms with Crippen molar-refractivity contribution in [2.45, 2.75) is 6.42 Å². The minimum Gasteiger partial charge on any atom is -0.270 e. The Morgan fingerprint density at radius 1 is 1.54 bits per heavy atom. The van der Waals surface area contributed by atoms with E-state index in [2.05, 4.69) is 6.07 Å². The lowest BCUT2D eigenvalue weighted by molar-refractivity contribution is 0.598. The Bertz CT molecular complexity index is 425. The van der Waals surface area contributed by atoms with Gasteiger partial charge >= 0.3 is 0 Å². The van der Waals surface area contributed by atoms with Crippen molar-refractivity contribution in [2.75, 3.05) is 17.1 Å². The molecule has 3 nitrogen and oxygen atoms in total. The van der Waals surface area contributed by atoms with Gasteiger partial charge in [0.25, 0.3) is 0 Å². The number of anilines is 1. The number of rotatable bonds is 1. The summed E-state index contributed by atoms with van der Waals surface area (Å²) in [6.07, 6.45) is 2.03. The molecule has 1 aliphatic heterocycles. The Kier molecular flexibility index (Phi) is 1.80. The summed E-state index contributed by atoms with van der Waals surface area (Å²) in [5.41, 5.74) is 1.87. The van der Waals surface area contributed by atoms with Gasteiger partial charge in [0, 0.05) is 6.54 Å². The Balaban J connectivity index is 2.51. The summed E-state index contributed by atoms with van der Waals surface area (Å²) in [7, 11) is -3.10. The van der Waals surface area contributed by atoms with E-state index < -0.39 is 10.0 Å². The molecule has 69 valence electrons. The zero-order valence-corrected chi connectivity index (χ0v) is 8.13. The maximum Gasteiger partial charge on any atom is 0.232 e. The maximum atomic E-state index is 11.3. The van der Waals surface area contributed by atoms with Gasteiger partial charge in [-0.2, -0.15) is 0 Å². The maximum absolute atomic E-state index is 11.3. The van der Waals surface area contributed by atoms with Crippen LogP contribution >= 0.6 is 0 Å². The lowest BCUT2D eigenvalue weighted by atomic mass is 10.2. The Labute approximate surface area is 78.0 Å². The second-order valence-corrected chi connectivity index (χ2v) is 5.05. The van der Waals surface area contributed by atoms with Gasteiger partial charge in [0.1, 0.15) is 0 Å². The predicted molar refractivity (Wildman–Crippen MR) is 51.2 cm³/mol. The predicted octanol–water partition coefficient (Wildman–Crippen LogP) is 0.809. The molecule has 13 heavy (non-hydrogen) atoms. The van der Waals surface area contributed by atoms with Crippen LogP contribution in [0.2, 0.25) is 0 Å². The molecule has 0 unspecified atom stereocenters. The molecule has 0 aromatic heterocycles. The van der Waals surface area contributed by atoms with Gasteiger partial charge in [0.15, 0.2) is 0 Å². The minimum atomic E-state index is -3.10. The monoisotopic (exact) mass is 196 g/mol. The van der Waals surface area contributed by atoms with Gasteiger partial charge in [-0.15, -0.1) is 0 Å². The minimum absolute atomic E-state index is 0.562. The van der Waals surface area contributed by atoms with Gasteiger partial charge in [-0.3, -0.25) is 4.31 Å². The van der Waals surface area contributed by atoms with Crippen molar-refractivity contribution in [3.63, 3.8) is 0 Å². The first kappa shape index (κ1) is 8.56. The van der Waals surface area contributed by atoms with Gasteiger partial charge in [-0.1, -0.05) is 12.1 Å². The largest absolute Gasteiger partial charge is 0.270 e. The van der Waals surface area contributed by atoms with Crippen molar-refractivity contribution in [3.05, 3.63) is 29.8 Å². The van der Waals surface area contributed by atoms with Crippen LogP contribution in [0.3, 0.4) is 0 Å². The van der Waals surface area contributed by atoms with Gasteiger partial charge in [0.2, 0.25) is 10.0 Å². The summed E-state index contributed by atoms with van der Waals surface area (Å²) >= 11 is 0. The fraction of sp³-hybridized carbons (Fsp3) is 0.333. The molecule has 0 saturated carbocycles. The molecule has 1 heterocycles. The lowest BCUT2D eigenvalue weighted by Crippen LogP contribution is -2.27. The fourth-order valence-electron chi connectivity index (χ4n) is 1.58. The molecule has 1 aromatic rings. The van der Waals surface area contributed by atoms with E-state index in [9.17, 15) is 8.42 Å². The van der Waals surface area contributed by atoms with Crippen LogP contribution in [0, 0.1) is 6.07 Å². The second kappa shape index (κ2) is 2.73. The highest BCUT2D eigenvalue weighted by molar-refractivity contribution is 7.92. The van der Waals surface area contributed by atoms with E-state index in [4.69, 9.17) is 0 Å². The Morgan fingerprint density at radius 2 is 2.31 bits per heavy atom. The summed E-state index contributed by atoms with van der Waals surface area (Å²) in [5, 5.41) is 0. The summed E-state index contributed by atoms with van der Waals surface area (Å²) in [5.74, 6) is 0. The standard InChI is InChI=1S/C9H10NO2S/c1-13(11,12)10-7-6-8-4-2-3-5-9(8)10/h2,4-5H,6-7H2,1H3. The number of fused-ring (bicyclic) bond motifs is 1. The van der Waals surface area contributed by atoms with E-state index in [1.807, 2.05) is 12.1 Å². The van der Waals surface area contributed by atoms with Crippen molar-refractivity contribution < 1.29 is 8.42 Å². The molecule has 2 rings (SSSR count). The fourth-order valence-corrected chi connectivity index (χ4v) is 2.53. The van der Waals surface area contributed by atoms with E-state index in [1.165, 1.54) is 10.6 Å². The molecule has 4 heteroatoms. The van der Waals surface area contributed by atoms with Crippen LogP contribution in [0.25, 0.3) is 0 Å². The van der Waals surface area contributed by atoms with E-state index in [0.29, 0.717) is 6.54 Å². The molecule has 1 aliphatic rings. The SMILES string of the molecule is CS(=O)(=O)N1CCc2cc[c]cc21. The topological polar surface area (TPSA) is 37.4 Å². The van der Waals surface area contributed by atoms with Crippen molar-refractivity contribution in [1.82, 2.24) is 0 Å². The van der Waals surface area contributed by atoms with Crippen molar-refractivity contribution in [1.29, 1.82) is 0 Å². The number of benzene rings is 1. The third-order valence-electron chi connectivity index (χ3n) is 2.18. The van der Waals surface area contributed by atoms with E-state index >= 15 is 0 Å². The van der Waals surface area contributed by atoms with Crippen LogP contribution in [-0.2, 0) is 16.4 Å². The molecule has 0 aliphatic carbocycles. The van der Waals surface area contributed by atoms with Gasteiger partial charge in [0.05, 0.1) is 11.9 Å². The van der Waals surface area contributed by atoms with Crippen molar-refractivity contribution >= 4 is 15.7 Å². The van der Waals surface area contributed by atoms with Crippen molar-refractivity contribution in [2.24, 2.45) is 0 Å². The molecule has 0 N–H and O–H groups in total. The van der Waals surface area contributed by atoms with E-state index in [1.54, 1.807) is 6.07 Å². The highest BCUT2D eigenvalue weighted by atomic mass is 32.2. The van der Waals surface area contributed by atoms with Crippen LogP contribution in [-0.4, -0.2) is 21.2 Å². The van der Waals surface area contributed by atoms with Gasteiger partial charge in [-0.25, -0.2) is 8.42 Å². The summed E-state index contributed by atoms with van der Waals surface area (Å²) < 4.78 is 24.0. The quantitative estimate of drug-likeness (QED) is 0.666. The Morgan fingerprint density at radius 3 is 3.00 bits per heavy atom. The van der Waals surface area contributed by atoms with Crippen LogP contribution in [0.4, 0.5) is 5.69 Å². The first-order chi connectivity index (χ1) is 6.09. The number of sulfonamides is 1. The highest BCUT2D eigenvalue weighted by Gasteiger charge is 2.25. The molecule has 0 amide bonds. The van der Waals surface area contributed by atoms with Crippen molar-refractivity contribution in [3.8, 4) is 0 Å². The Hall–Kier alpha value is -1.03. The smallest absolute Gasteiger partial charge is 0.232 e. The number of hydrogen-bond acceptors (Lipinski definition) is 2. The van der Waals surface area contributed by atoms with Crippen LogP contribution in [0.5, 0.6) is 0 Å². The molecular weight excluding hydrogens is 186 g/mol. The third-order valence-corrected chi connectivity index (χ3v) is 3.36. The van der Waals surface area contributed by atoms with Gasteiger partial charge in [-0.05, 0) is 24.1 Å². The number of hydrogen-bond donors (Lipinski definition) is 0. The van der Waals surface area contributed by atoms with Crippen LogP contribution in [0.15, 0.2) is 18.2 Å². The average Bonchev–Trinajstić information content (AvgIpc) is 2.45. The zero-order valence-electron chi connectivity index (χ0n) is 7.32. The molecule has 1 aromatic carbocycles. The second-order valence-electron chi connectivity index (χ2n) is 3.14. The van der Waals surface area contributed by atoms with Gasteiger partial charge < -0.3 is 0 Å². The first-order valence-electron chi connectivity index (χ1n) is 4.06. The summed E-state index contributed by atoms with van der Waals surface area (Å²) in [6.45, 7) is 0.562. The first-order valence-corrected chi connectivity index (χ1v) is 5.90. The molecule has 0 fully saturated rings. The molecular formula is C9H10NO2S. The van der Waals surface area contributed by atoms with Crippen LogP contribution < -0.4 is 4.31 Å². The van der Waals surface area contributed by atoms with E-state index in [0.717, 1.165) is 17.7 Å². The van der Waals surface area contributed by atoms with Crippen LogP contribution in [0.1, 0.15) is 5.56 Å². The lowest BCUT2D eigenvalue weighted by Gasteiger charge is -2.15. The summed E-state index contributed by atoms with van der Waals surface area (Å²) in [4.78, 5) is 0. The zero-order chi connectivity index (χ0) is 9.47. The molecule has 0 atom stereocenters. The average molecular weight is 196 g/mol. The molecule has 1 radical (unpaired) electrons. The highest BCUT2D eigenvalue weighted by Crippen LogP contribution is 2.28. The number of nitrogens with zero attached hydrogens (tertiary/aromatic N) is 1. The molecule has 0 saturated heterocycles.